The van der Waals surface area contributed by atoms with Gasteiger partial charge in [-0.25, -0.2) is 0 Å². The van der Waals surface area contributed by atoms with Gasteiger partial charge in [0.05, 0.1) is 0 Å². The second-order valence-corrected chi connectivity index (χ2v) is 5.38. The van der Waals surface area contributed by atoms with Gasteiger partial charge in [0.15, 0.2) is 0 Å². The molecule has 52 valence electrons. The average Bonchev–Trinajstić information content (AvgIpc) is 0.918. The minimum atomic E-state index is 0. The van der Waals surface area contributed by atoms with Gasteiger partial charge in [-0.2, -0.15) is 0 Å². The summed E-state index contributed by atoms with van der Waals surface area (Å²) in [6.45, 7) is 0. The van der Waals surface area contributed by atoms with E-state index in [2.05, 4.69) is 24.7 Å². The van der Waals surface area contributed by atoms with Crippen LogP contribution in [-0.4, -0.2) is 59.8 Å². The summed E-state index contributed by atoms with van der Waals surface area (Å²) in [6.07, 6.45) is 0. The van der Waals surface area contributed by atoms with Crippen molar-refractivity contribution < 1.29 is 91.7 Å². The Hall–Kier alpha value is 5.69. The minimum Gasteiger partial charge on any atom is 0 e. The monoisotopic (exact) mass is 542 g/mol. The van der Waals surface area contributed by atoms with Crippen molar-refractivity contribution in [2.24, 2.45) is 0 Å². The maximum Gasteiger partial charge on any atom is 0 e. The van der Waals surface area contributed by atoms with Gasteiger partial charge in [0.2, 0.25) is 0 Å². The molecule has 0 fully saturated rings. The first kappa shape index (κ1) is 46.6. The number of halogens is 1. The van der Waals surface area contributed by atoms with E-state index < -0.39 is 0 Å². The summed E-state index contributed by atoms with van der Waals surface area (Å²) in [5.74, 6) is 2.25. The zero-order chi connectivity index (χ0) is 2.71. The maximum absolute atomic E-state index is 2.43. The molecule has 0 aromatic rings. The summed E-state index contributed by atoms with van der Waals surface area (Å²) in [5, 5.41) is 0. The second kappa shape index (κ2) is 49.3. The first-order valence-electron chi connectivity index (χ1n) is 0.974. The van der Waals surface area contributed by atoms with E-state index in [0.717, 1.165) is 0 Å². The Kier molecular flexibility index (Phi) is 255. The Labute approximate surface area is 166 Å². The van der Waals surface area contributed by atoms with E-state index in [0.29, 0.717) is 16.3 Å². The molecule has 0 saturated heterocycles. The van der Waals surface area contributed by atoms with Crippen molar-refractivity contribution in [2.75, 3.05) is 0 Å². The van der Waals surface area contributed by atoms with Crippen LogP contribution in [0.2, 0.25) is 0 Å². The topological polar surface area (TPSA) is 0 Å². The Balaban J connectivity index is -0.00000000133. The SMILES string of the molecule is [BH2][Mg][I].[CaH2].[Cu].[Fe].[Mn].[Mo].[Zn]. The average molecular weight is 542 g/mol. The van der Waals surface area contributed by atoms with Crippen molar-refractivity contribution in [1.82, 2.24) is 0 Å². The van der Waals surface area contributed by atoms with Crippen LogP contribution >= 0.6 is 18.9 Å². The molecule has 0 atom stereocenters. The van der Waals surface area contributed by atoms with Gasteiger partial charge in [-0.05, 0) is 0 Å². The van der Waals surface area contributed by atoms with E-state index in [1.165, 1.54) is 0 Å². The summed E-state index contributed by atoms with van der Waals surface area (Å²) in [6, 6.07) is 0. The van der Waals surface area contributed by atoms with Crippen LogP contribution in [0.4, 0.5) is 0 Å². The molecule has 0 saturated carbocycles. The van der Waals surface area contributed by atoms with Gasteiger partial charge < -0.3 is 18.9 Å². The van der Waals surface area contributed by atoms with Crippen LogP contribution < -0.4 is 0 Å². The molecule has 0 N–H and O–H groups in total. The van der Waals surface area contributed by atoms with Crippen LogP contribution in [0.3, 0.4) is 0 Å². The first-order chi connectivity index (χ1) is 1.41. The van der Waals surface area contributed by atoms with Crippen LogP contribution in [0.25, 0.3) is 0 Å². The van der Waals surface area contributed by atoms with Gasteiger partial charge in [0.25, 0.3) is 0 Å². The Bertz CT molecular complexity index is 28.5. The number of rotatable bonds is 0. The van der Waals surface area contributed by atoms with Gasteiger partial charge in [-0.15, -0.1) is 0 Å². The van der Waals surface area contributed by atoms with E-state index in [9.17, 15) is 0 Å². The molecule has 9 heteroatoms. The molecule has 0 bridgehead atoms. The van der Waals surface area contributed by atoms with Crippen LogP contribution in [0, 0.1) is 0 Å². The third-order valence-corrected chi connectivity index (χ3v) is 0. The molecular formula is H4BCaCuFeIMgMnMoZn. The third kappa shape index (κ3) is 57.8. The molecule has 0 nitrogen and oxygen atoms in total. The summed E-state index contributed by atoms with van der Waals surface area (Å²) in [5.41, 5.74) is 0. The molecule has 9 heavy (non-hydrogen) atoms. The van der Waals surface area contributed by atoms with E-state index in [1.54, 1.807) is 0 Å². The molecule has 2 radical (unpaired) electrons. The van der Waals surface area contributed by atoms with E-state index in [-0.39, 0.29) is 129 Å². The molecule has 0 rings (SSSR count). The molecule has 0 spiro atoms. The van der Waals surface area contributed by atoms with Gasteiger partial charge in [0, 0.05) is 97.6 Å². The van der Waals surface area contributed by atoms with E-state index in [1.807, 2.05) is 0 Å². The molecule has 0 aromatic heterocycles. The van der Waals surface area contributed by atoms with Crippen molar-refractivity contribution in [3.05, 3.63) is 0 Å². The molecule has 0 aromatic carbocycles. The van der Waals surface area contributed by atoms with Crippen molar-refractivity contribution >= 4 is 78.7 Å². The molecule has 0 aliphatic rings. The van der Waals surface area contributed by atoms with Crippen LogP contribution in [-0.2, 0) is 91.7 Å². The van der Waals surface area contributed by atoms with Crippen molar-refractivity contribution in [3.63, 3.8) is 0 Å². The van der Waals surface area contributed by atoms with Gasteiger partial charge in [0.1, 0.15) is 0 Å². The van der Waals surface area contributed by atoms with Crippen molar-refractivity contribution in [3.8, 4) is 0 Å². The summed E-state index contributed by atoms with van der Waals surface area (Å²) in [4.78, 5) is 0. The van der Waals surface area contributed by atoms with Crippen molar-refractivity contribution in [1.29, 1.82) is 0 Å². The fourth-order valence-corrected chi connectivity index (χ4v) is 0. The molecule has 0 unspecified atom stereocenters. The summed E-state index contributed by atoms with van der Waals surface area (Å²) in [7, 11) is 0. The van der Waals surface area contributed by atoms with E-state index >= 15 is 0 Å². The number of hydrogen-bond donors (Lipinski definition) is 0. The maximum atomic E-state index is 2.43. The van der Waals surface area contributed by atoms with Crippen LogP contribution in [0.5, 0.6) is 0 Å². The predicted molar refractivity (Wildman–Crippen MR) is 36.9 cm³/mol. The molecule has 0 heterocycles. The Morgan fingerprint density at radius 3 is 1.33 bits per heavy atom. The summed E-state index contributed by atoms with van der Waals surface area (Å²) >= 11 is 2.81. The molecule has 0 aliphatic heterocycles. The minimum absolute atomic E-state index is 0. The predicted octanol–water partition coefficient (Wildman–Crippen LogP) is -1.34. The molecule has 0 amide bonds. The standard InChI is InChI=1S/BH2.Ca.Cu.Fe.HI.Mg.Mn.Mo.Zn.2H/h1H2;;;;1H;;;;;;/q+1;;;;;;;;;;/p-1. The molecule has 0 aliphatic carbocycles. The fraction of sp³-hybridized carbons (Fsp3) is 0. The van der Waals surface area contributed by atoms with Crippen LogP contribution in [0.15, 0.2) is 0 Å². The normalized spacial score (nSPS) is 1.00. The number of hydrogen-bond acceptors (Lipinski definition) is 0. The quantitative estimate of drug-likeness (QED) is 0.263. The van der Waals surface area contributed by atoms with Crippen molar-refractivity contribution in [2.45, 2.75) is 0 Å². The Morgan fingerprint density at radius 2 is 1.33 bits per heavy atom. The van der Waals surface area contributed by atoms with E-state index in [4.69, 9.17) is 0 Å². The second-order valence-electron chi connectivity index (χ2n) is 0.267. The van der Waals surface area contributed by atoms with Gasteiger partial charge >= 0.3 is 54.0 Å². The summed E-state index contributed by atoms with van der Waals surface area (Å²) < 4.78 is 0. The Morgan fingerprint density at radius 1 is 1.33 bits per heavy atom. The third-order valence-electron chi connectivity index (χ3n) is 0. The zero-order valence-electron chi connectivity index (χ0n) is 4.23. The largest absolute Gasteiger partial charge is 0 e. The molecular weight excluding hydrogens is 538 g/mol. The fourth-order valence-electron chi connectivity index (χ4n) is 0. The zero-order valence-corrected chi connectivity index (χ0v) is 16.0. The van der Waals surface area contributed by atoms with Gasteiger partial charge in [-0.1, -0.05) is 0 Å². The first-order valence-corrected chi connectivity index (χ1v) is 7.50. The van der Waals surface area contributed by atoms with Gasteiger partial charge in [-0.3, -0.25) is 0 Å². The smallest absolute Gasteiger partial charge is 0 e. The van der Waals surface area contributed by atoms with Crippen LogP contribution in [0.1, 0.15) is 0 Å².